The van der Waals surface area contributed by atoms with Gasteiger partial charge in [0, 0.05) is 13.1 Å². The molecule has 112 valence electrons. The minimum absolute atomic E-state index is 0.0820. The van der Waals surface area contributed by atoms with Crippen molar-refractivity contribution in [2.45, 2.75) is 19.4 Å². The maximum absolute atomic E-state index is 13.6. The molecule has 0 radical (unpaired) electrons. The quantitative estimate of drug-likeness (QED) is 0.731. The van der Waals surface area contributed by atoms with Gasteiger partial charge in [-0.05, 0) is 12.0 Å². The molecular formula is C15H19FN4O. The third kappa shape index (κ3) is 4.39. The first kappa shape index (κ1) is 15.2. The molecule has 6 heteroatoms. The molecule has 5 nitrogen and oxygen atoms in total. The smallest absolute Gasteiger partial charge is 0.224 e. The summed E-state index contributed by atoms with van der Waals surface area (Å²) in [7, 11) is 0. The largest absolute Gasteiger partial charge is 0.387 e. The van der Waals surface area contributed by atoms with Crippen LogP contribution in [0.1, 0.15) is 25.0 Å². The Labute approximate surface area is 123 Å². The van der Waals surface area contributed by atoms with Crippen LogP contribution in [0.4, 0.5) is 16.2 Å². The second-order valence-corrected chi connectivity index (χ2v) is 4.62. The summed E-state index contributed by atoms with van der Waals surface area (Å²) in [6.45, 7) is 2.91. The van der Waals surface area contributed by atoms with Crippen molar-refractivity contribution in [1.82, 2.24) is 9.97 Å². The molecule has 0 saturated carbocycles. The first-order valence-corrected chi connectivity index (χ1v) is 6.94. The first-order valence-electron chi connectivity index (χ1n) is 6.94. The molecule has 0 aliphatic carbocycles. The molecule has 2 aromatic rings. The van der Waals surface area contributed by atoms with Crippen LogP contribution in [0, 0.1) is 5.82 Å². The van der Waals surface area contributed by atoms with E-state index >= 15 is 0 Å². The van der Waals surface area contributed by atoms with Gasteiger partial charge in [0.05, 0.1) is 12.3 Å². The van der Waals surface area contributed by atoms with Crippen LogP contribution in [0.25, 0.3) is 0 Å². The van der Waals surface area contributed by atoms with Gasteiger partial charge in [-0.15, -0.1) is 0 Å². The van der Waals surface area contributed by atoms with Crippen molar-refractivity contribution < 1.29 is 9.50 Å². The lowest BCUT2D eigenvalue weighted by Gasteiger charge is -2.13. The summed E-state index contributed by atoms with van der Waals surface area (Å²) >= 11 is 0. The Morgan fingerprint density at radius 1 is 1.24 bits per heavy atom. The third-order valence-electron chi connectivity index (χ3n) is 2.92. The van der Waals surface area contributed by atoms with Crippen LogP contribution >= 0.6 is 0 Å². The van der Waals surface area contributed by atoms with Gasteiger partial charge >= 0.3 is 0 Å². The van der Waals surface area contributed by atoms with Gasteiger partial charge in [-0.2, -0.15) is 4.98 Å². The summed E-state index contributed by atoms with van der Waals surface area (Å²) in [5.41, 5.74) is 0.767. The predicted molar refractivity (Wildman–Crippen MR) is 80.7 cm³/mol. The van der Waals surface area contributed by atoms with Crippen LogP contribution in [0.15, 0.2) is 36.5 Å². The van der Waals surface area contributed by atoms with Crippen LogP contribution in [-0.4, -0.2) is 28.2 Å². The van der Waals surface area contributed by atoms with Gasteiger partial charge in [0.2, 0.25) is 5.95 Å². The number of anilines is 2. The van der Waals surface area contributed by atoms with Crippen molar-refractivity contribution in [3.63, 3.8) is 0 Å². The standard InChI is InChI=1S/C15H19FN4O/c1-2-8-17-15-19-9-12(16)14(20-15)18-10-13(21)11-6-4-3-5-7-11/h3-7,9,13,21H,2,8,10H2,1H3,(H2,17,18,19,20). The highest BCUT2D eigenvalue weighted by atomic mass is 19.1. The molecule has 1 aromatic carbocycles. The van der Waals surface area contributed by atoms with Gasteiger partial charge in [-0.3, -0.25) is 0 Å². The zero-order valence-electron chi connectivity index (χ0n) is 11.9. The summed E-state index contributed by atoms with van der Waals surface area (Å²) in [5, 5.41) is 15.8. The van der Waals surface area contributed by atoms with E-state index in [1.165, 1.54) is 0 Å². The number of aliphatic hydroxyl groups excluding tert-OH is 1. The highest BCUT2D eigenvalue weighted by Crippen LogP contribution is 2.16. The van der Waals surface area contributed by atoms with E-state index < -0.39 is 11.9 Å². The molecular weight excluding hydrogens is 271 g/mol. The number of nitrogens with one attached hydrogen (secondary N) is 2. The Bertz CT molecular complexity index is 565. The molecule has 3 N–H and O–H groups in total. The van der Waals surface area contributed by atoms with Gasteiger partial charge in [-0.25, -0.2) is 9.37 Å². The number of aromatic nitrogens is 2. The molecule has 0 aliphatic heterocycles. The number of hydrogen-bond donors (Lipinski definition) is 3. The maximum atomic E-state index is 13.6. The van der Waals surface area contributed by atoms with Crippen LogP contribution in [0.3, 0.4) is 0 Å². The number of benzene rings is 1. The van der Waals surface area contributed by atoms with Gasteiger partial charge in [-0.1, -0.05) is 37.3 Å². The Balaban J connectivity index is 1.99. The molecule has 1 atom stereocenters. The molecule has 0 saturated heterocycles. The molecule has 2 rings (SSSR count). The number of rotatable bonds is 7. The molecule has 0 amide bonds. The van der Waals surface area contributed by atoms with E-state index in [0.29, 0.717) is 5.95 Å². The van der Waals surface area contributed by atoms with Crippen molar-refractivity contribution >= 4 is 11.8 Å². The fourth-order valence-corrected chi connectivity index (χ4v) is 1.80. The van der Waals surface area contributed by atoms with E-state index in [0.717, 1.165) is 24.7 Å². The van der Waals surface area contributed by atoms with E-state index in [9.17, 15) is 9.50 Å². The Morgan fingerprint density at radius 2 is 2.00 bits per heavy atom. The second kappa shape index (κ2) is 7.54. The Hall–Kier alpha value is -2.21. The molecule has 1 heterocycles. The zero-order valence-corrected chi connectivity index (χ0v) is 11.9. The normalized spacial score (nSPS) is 12.0. The zero-order chi connectivity index (χ0) is 15.1. The average Bonchev–Trinajstić information content (AvgIpc) is 2.53. The van der Waals surface area contributed by atoms with Crippen molar-refractivity contribution in [2.24, 2.45) is 0 Å². The number of aliphatic hydroxyl groups is 1. The van der Waals surface area contributed by atoms with Gasteiger partial charge in [0.25, 0.3) is 0 Å². The van der Waals surface area contributed by atoms with Crippen LogP contribution in [-0.2, 0) is 0 Å². The fourth-order valence-electron chi connectivity index (χ4n) is 1.80. The lowest BCUT2D eigenvalue weighted by atomic mass is 10.1. The summed E-state index contributed by atoms with van der Waals surface area (Å²) in [4.78, 5) is 7.92. The van der Waals surface area contributed by atoms with Gasteiger partial charge in [0.1, 0.15) is 0 Å². The van der Waals surface area contributed by atoms with Gasteiger partial charge in [0.15, 0.2) is 11.6 Å². The van der Waals surface area contributed by atoms with Gasteiger partial charge < -0.3 is 15.7 Å². The highest BCUT2D eigenvalue weighted by molar-refractivity contribution is 5.41. The molecule has 0 spiro atoms. The molecule has 0 bridgehead atoms. The fraction of sp³-hybridized carbons (Fsp3) is 0.333. The molecule has 0 fully saturated rings. The van der Waals surface area contributed by atoms with Crippen molar-refractivity contribution in [2.75, 3.05) is 23.7 Å². The Kier molecular flexibility index (Phi) is 5.45. The Morgan fingerprint density at radius 3 is 2.71 bits per heavy atom. The van der Waals surface area contributed by atoms with E-state index in [1.54, 1.807) is 0 Å². The maximum Gasteiger partial charge on any atom is 0.224 e. The molecule has 0 aliphatic rings. The minimum atomic E-state index is -0.729. The van der Waals surface area contributed by atoms with Crippen molar-refractivity contribution in [1.29, 1.82) is 0 Å². The summed E-state index contributed by atoms with van der Waals surface area (Å²) < 4.78 is 13.6. The monoisotopic (exact) mass is 290 g/mol. The summed E-state index contributed by atoms with van der Waals surface area (Å²) in [5.74, 6) is -0.0918. The second-order valence-electron chi connectivity index (χ2n) is 4.62. The van der Waals surface area contributed by atoms with Crippen molar-refractivity contribution in [3.05, 3.63) is 47.9 Å². The van der Waals surface area contributed by atoms with E-state index in [2.05, 4.69) is 20.6 Å². The number of halogens is 1. The molecule has 1 aromatic heterocycles. The van der Waals surface area contributed by atoms with Crippen LogP contribution < -0.4 is 10.6 Å². The van der Waals surface area contributed by atoms with E-state index in [4.69, 9.17) is 0 Å². The number of nitrogens with zero attached hydrogens (tertiary/aromatic N) is 2. The average molecular weight is 290 g/mol. The lowest BCUT2D eigenvalue weighted by Crippen LogP contribution is -2.15. The summed E-state index contributed by atoms with van der Waals surface area (Å²) in [6, 6.07) is 9.19. The first-order chi connectivity index (χ1) is 10.2. The van der Waals surface area contributed by atoms with E-state index in [1.807, 2.05) is 37.3 Å². The highest BCUT2D eigenvalue weighted by Gasteiger charge is 2.10. The van der Waals surface area contributed by atoms with Crippen LogP contribution in [0.5, 0.6) is 0 Å². The molecule has 21 heavy (non-hydrogen) atoms. The minimum Gasteiger partial charge on any atom is -0.387 e. The lowest BCUT2D eigenvalue weighted by molar-refractivity contribution is 0.191. The topological polar surface area (TPSA) is 70.1 Å². The summed E-state index contributed by atoms with van der Waals surface area (Å²) in [6.07, 6.45) is 1.31. The van der Waals surface area contributed by atoms with E-state index in [-0.39, 0.29) is 12.4 Å². The number of hydrogen-bond acceptors (Lipinski definition) is 5. The predicted octanol–water partition coefficient (Wildman–Crippen LogP) is 2.58. The SMILES string of the molecule is CCCNc1ncc(F)c(NCC(O)c2ccccc2)n1. The van der Waals surface area contributed by atoms with Crippen LogP contribution in [0.2, 0.25) is 0 Å². The third-order valence-corrected chi connectivity index (χ3v) is 2.92. The molecule has 1 unspecified atom stereocenters. The van der Waals surface area contributed by atoms with Crippen molar-refractivity contribution in [3.8, 4) is 0 Å².